The molecule has 2 aromatic rings. The van der Waals surface area contributed by atoms with E-state index in [9.17, 15) is 28.6 Å². The van der Waals surface area contributed by atoms with Crippen molar-refractivity contribution < 1.29 is 38.1 Å². The maximum Gasteiger partial charge on any atom is 0.336 e. The number of carbonyl (C=O) groups is 2. The molecule has 0 aromatic heterocycles. The number of aliphatic carboxylic acids is 1. The van der Waals surface area contributed by atoms with Crippen molar-refractivity contribution in [3.05, 3.63) is 83.9 Å². The van der Waals surface area contributed by atoms with Gasteiger partial charge in [0.25, 0.3) is 5.17 Å². The van der Waals surface area contributed by atoms with E-state index in [1.807, 2.05) is 74.5 Å². The van der Waals surface area contributed by atoms with E-state index >= 15 is 0 Å². The molecule has 1 unspecified atom stereocenters. The Hall–Kier alpha value is -3.21. The lowest BCUT2D eigenvalue weighted by Crippen LogP contribution is -2.57. The maximum absolute atomic E-state index is 14.7. The van der Waals surface area contributed by atoms with Crippen LogP contribution in [0.15, 0.2) is 72.8 Å². The van der Waals surface area contributed by atoms with Crippen molar-refractivity contribution in [2.45, 2.75) is 127 Å². The number of thiocarbonyl (C=S) groups is 1. The summed E-state index contributed by atoms with van der Waals surface area (Å²) in [6, 6.07) is 18.3. The Kier molecular flexibility index (Phi) is 16.7. The number of hydrogen-bond donors (Lipinski definition) is 2. The number of hydrogen-bond acceptors (Lipinski definition) is 6. The molecule has 0 spiro atoms. The topological polar surface area (TPSA) is 96.3 Å². The maximum atomic E-state index is 14.7. The van der Waals surface area contributed by atoms with E-state index in [2.05, 4.69) is 6.92 Å². The summed E-state index contributed by atoms with van der Waals surface area (Å²) in [7, 11) is 1.39. The Morgan fingerprint density at radius 1 is 0.922 bits per heavy atom. The number of unbranched alkanes of at least 4 members (excludes halogenated alkanes) is 8. The van der Waals surface area contributed by atoms with Crippen LogP contribution >= 0.6 is 12.2 Å². The van der Waals surface area contributed by atoms with Gasteiger partial charge in [0.15, 0.2) is 11.2 Å². The lowest BCUT2D eigenvalue weighted by atomic mass is 9.75. The van der Waals surface area contributed by atoms with Crippen LogP contribution in [0.5, 0.6) is 0 Å². The zero-order valence-corrected chi connectivity index (χ0v) is 31.5. The molecule has 2 aromatic carbocycles. The highest BCUT2D eigenvalue weighted by Gasteiger charge is 2.60. The van der Waals surface area contributed by atoms with Crippen molar-refractivity contribution in [3.63, 3.8) is 0 Å². The highest BCUT2D eigenvalue weighted by Crippen LogP contribution is 2.48. The highest BCUT2D eigenvalue weighted by atomic mass is 32.1. The predicted molar refractivity (Wildman–Crippen MR) is 201 cm³/mol. The number of carboxylic acid groups (broad SMARTS) is 1. The second kappa shape index (κ2) is 20.1. The van der Waals surface area contributed by atoms with Crippen LogP contribution in [0.2, 0.25) is 0 Å². The van der Waals surface area contributed by atoms with Crippen molar-refractivity contribution in [2.75, 3.05) is 13.7 Å². The second-order valence-corrected chi connectivity index (χ2v) is 14.4. The fourth-order valence-electron chi connectivity index (χ4n) is 7.13. The molecular formula is C41H57F2NO6S. The van der Waals surface area contributed by atoms with Gasteiger partial charge in [-0.15, -0.1) is 0 Å². The fraction of sp³-hybridized carbons (Fsp3) is 0.585. The third-order valence-electron chi connectivity index (χ3n) is 9.89. The van der Waals surface area contributed by atoms with Gasteiger partial charge in [0.05, 0.1) is 12.0 Å². The summed E-state index contributed by atoms with van der Waals surface area (Å²) in [4.78, 5) is 28.8. The van der Waals surface area contributed by atoms with E-state index in [1.165, 1.54) is 18.1 Å². The summed E-state index contributed by atoms with van der Waals surface area (Å²) in [5.41, 5.74) is -2.15. The third kappa shape index (κ3) is 10.9. The zero-order valence-electron chi connectivity index (χ0n) is 30.7. The van der Waals surface area contributed by atoms with E-state index in [-0.39, 0.29) is 37.0 Å². The number of alkyl halides is 2. The molecule has 0 bridgehead atoms. The largest absolute Gasteiger partial charge is 0.479 e. The summed E-state index contributed by atoms with van der Waals surface area (Å²) >= 11 is 5.77. The minimum Gasteiger partial charge on any atom is -0.479 e. The first kappa shape index (κ1) is 42.2. The van der Waals surface area contributed by atoms with Crippen LogP contribution < -0.4 is 0 Å². The van der Waals surface area contributed by atoms with Crippen LogP contribution in [0.1, 0.15) is 115 Å². The number of allylic oxidation sites excluding steroid dienone is 1. The summed E-state index contributed by atoms with van der Waals surface area (Å²) < 4.78 is 40.4. The number of methoxy groups -OCH3 is 1. The van der Waals surface area contributed by atoms with Gasteiger partial charge in [-0.2, -0.15) is 0 Å². The van der Waals surface area contributed by atoms with Gasteiger partial charge in [-0.25, -0.2) is 13.6 Å². The molecule has 7 nitrogen and oxygen atoms in total. The number of nitrogens with zero attached hydrogens (tertiary/aromatic N) is 1. The lowest BCUT2D eigenvalue weighted by Gasteiger charge is -2.39. The standard InChI is InChI=1S/C41H57F2NO6S/c1-5-6-7-11-20-27-39(42,43)28-21-12-9-8-10-19-26-34(40(48,37(46)47)29-30-49-4)36(45)44-35(31(2)3)41(50-38(44)51,32-22-15-13-16-23-32)33-24-17-14-18-25-33/h13-19,22-26,31,34-35,48H,5-12,20-21,27-30H2,1-4H3,(H,46,47)/t34-,35?,40+/m1/s1. The van der Waals surface area contributed by atoms with Gasteiger partial charge in [-0.1, -0.05) is 132 Å². The molecule has 1 fully saturated rings. The number of benzene rings is 2. The Labute approximate surface area is 308 Å². The first-order valence-electron chi connectivity index (χ1n) is 18.5. The lowest BCUT2D eigenvalue weighted by molar-refractivity contribution is -0.170. The molecule has 0 radical (unpaired) electrons. The fourth-order valence-corrected chi connectivity index (χ4v) is 7.46. The van der Waals surface area contributed by atoms with Crippen LogP contribution in [0, 0.1) is 11.8 Å². The van der Waals surface area contributed by atoms with Crippen LogP contribution in [0.3, 0.4) is 0 Å². The summed E-state index contributed by atoms with van der Waals surface area (Å²) in [5.74, 6) is -6.63. The molecule has 282 valence electrons. The van der Waals surface area contributed by atoms with Gasteiger partial charge in [-0.3, -0.25) is 9.69 Å². The normalized spacial score (nSPS) is 17.8. The molecule has 3 rings (SSSR count). The monoisotopic (exact) mass is 729 g/mol. The molecule has 51 heavy (non-hydrogen) atoms. The second-order valence-electron chi connectivity index (χ2n) is 14.1. The summed E-state index contributed by atoms with van der Waals surface area (Å²) in [6.45, 7) is 5.90. The number of aliphatic hydroxyl groups is 1. The molecule has 1 aliphatic heterocycles. The SMILES string of the molecule is CCCCCCCC(F)(F)CCCCCCC=C[C@H](C(=O)N1C(=S)OC(c2ccccc2)(c2ccccc2)C1C(C)C)[C@@](O)(CCOC)C(=O)O. The van der Waals surface area contributed by atoms with E-state index < -0.39 is 41.0 Å². The molecule has 1 amide bonds. The number of ether oxygens (including phenoxy) is 2. The number of carbonyl (C=O) groups excluding carboxylic acids is 1. The summed E-state index contributed by atoms with van der Waals surface area (Å²) in [5, 5.41) is 21.9. The van der Waals surface area contributed by atoms with Crippen molar-refractivity contribution in [3.8, 4) is 0 Å². The molecular weight excluding hydrogens is 673 g/mol. The Balaban J connectivity index is 1.82. The zero-order chi connectivity index (χ0) is 37.5. The Bertz CT molecular complexity index is 1370. The molecule has 1 saturated heterocycles. The Morgan fingerprint density at radius 2 is 1.45 bits per heavy atom. The van der Waals surface area contributed by atoms with Crippen LogP contribution in [0.25, 0.3) is 0 Å². The van der Waals surface area contributed by atoms with Crippen LogP contribution in [0.4, 0.5) is 8.78 Å². The van der Waals surface area contributed by atoms with Gasteiger partial charge in [0.1, 0.15) is 0 Å². The quantitative estimate of drug-likeness (QED) is 0.0669. The van der Waals surface area contributed by atoms with Gasteiger partial charge in [0.2, 0.25) is 11.8 Å². The molecule has 0 aliphatic carbocycles. The number of amides is 1. The average Bonchev–Trinajstić information content (AvgIpc) is 3.44. The average molecular weight is 730 g/mol. The molecule has 1 aliphatic rings. The molecule has 1 heterocycles. The Morgan fingerprint density at radius 3 is 1.94 bits per heavy atom. The number of halogens is 2. The van der Waals surface area contributed by atoms with Crippen molar-refractivity contribution in [1.29, 1.82) is 0 Å². The minimum atomic E-state index is -2.64. The molecule has 2 N–H and O–H groups in total. The van der Waals surface area contributed by atoms with Gasteiger partial charge in [0, 0.05) is 44.1 Å². The van der Waals surface area contributed by atoms with Gasteiger partial charge in [-0.05, 0) is 43.8 Å². The van der Waals surface area contributed by atoms with E-state index in [1.54, 1.807) is 6.08 Å². The van der Waals surface area contributed by atoms with Gasteiger partial charge >= 0.3 is 5.97 Å². The molecule has 3 atom stereocenters. The van der Waals surface area contributed by atoms with Gasteiger partial charge < -0.3 is 19.7 Å². The smallest absolute Gasteiger partial charge is 0.336 e. The van der Waals surface area contributed by atoms with E-state index in [0.29, 0.717) is 38.5 Å². The predicted octanol–water partition coefficient (Wildman–Crippen LogP) is 9.46. The minimum absolute atomic E-state index is 0.0641. The third-order valence-corrected chi connectivity index (χ3v) is 10.2. The number of carboxylic acids is 1. The number of rotatable bonds is 23. The van der Waals surface area contributed by atoms with Crippen molar-refractivity contribution in [1.82, 2.24) is 4.90 Å². The first-order chi connectivity index (χ1) is 24.4. The van der Waals surface area contributed by atoms with Crippen molar-refractivity contribution in [2.24, 2.45) is 11.8 Å². The van der Waals surface area contributed by atoms with Crippen LogP contribution in [-0.4, -0.2) is 63.4 Å². The van der Waals surface area contributed by atoms with E-state index in [4.69, 9.17) is 21.7 Å². The van der Waals surface area contributed by atoms with Crippen LogP contribution in [-0.2, 0) is 24.7 Å². The summed E-state index contributed by atoms with van der Waals surface area (Å²) in [6.07, 6.45) is 10.1. The molecule has 10 heteroatoms. The highest BCUT2D eigenvalue weighted by molar-refractivity contribution is 7.80. The van der Waals surface area contributed by atoms with Crippen molar-refractivity contribution >= 4 is 29.3 Å². The van der Waals surface area contributed by atoms with E-state index in [0.717, 1.165) is 36.8 Å². The first-order valence-corrected chi connectivity index (χ1v) is 18.9. The molecule has 0 saturated carbocycles.